The van der Waals surface area contributed by atoms with E-state index in [9.17, 15) is 27.2 Å². The number of rotatable bonds is 10. The van der Waals surface area contributed by atoms with Crippen molar-refractivity contribution in [1.82, 2.24) is 15.2 Å². The lowest BCUT2D eigenvalue weighted by Crippen LogP contribution is -2.55. The number of ketones is 1. The van der Waals surface area contributed by atoms with Crippen molar-refractivity contribution in [3.8, 4) is 5.88 Å². The van der Waals surface area contributed by atoms with Crippen LogP contribution in [0.5, 0.6) is 5.88 Å². The number of aromatic nitrogens is 1. The highest BCUT2D eigenvalue weighted by atomic mass is 32.2. The van der Waals surface area contributed by atoms with Crippen molar-refractivity contribution >= 4 is 38.2 Å². The van der Waals surface area contributed by atoms with Gasteiger partial charge in [-0.15, -0.1) is 6.58 Å². The van der Waals surface area contributed by atoms with Gasteiger partial charge in [0.1, 0.15) is 29.3 Å². The lowest BCUT2D eigenvalue weighted by atomic mass is 9.81. The Hall–Kier alpha value is -3.34. The third-order valence-corrected chi connectivity index (χ3v) is 11.1. The van der Waals surface area contributed by atoms with Gasteiger partial charge in [0, 0.05) is 29.8 Å². The van der Waals surface area contributed by atoms with Crippen molar-refractivity contribution in [3.05, 3.63) is 48.9 Å². The Morgan fingerprint density at radius 1 is 1.26 bits per heavy atom. The Kier molecular flexibility index (Phi) is 7.70. The van der Waals surface area contributed by atoms with Crippen molar-refractivity contribution in [2.75, 3.05) is 12.3 Å². The summed E-state index contributed by atoms with van der Waals surface area (Å²) in [5, 5.41) is 3.54. The van der Waals surface area contributed by atoms with Crippen LogP contribution in [-0.4, -0.2) is 71.1 Å². The van der Waals surface area contributed by atoms with Crippen LogP contribution in [0.15, 0.2) is 43.1 Å². The van der Waals surface area contributed by atoms with E-state index in [0.29, 0.717) is 18.2 Å². The number of nitrogens with one attached hydrogen (secondary N) is 1. The molecular weight excluding hydrogens is 561 g/mol. The van der Waals surface area contributed by atoms with Crippen LogP contribution < -0.4 is 10.1 Å². The van der Waals surface area contributed by atoms with Gasteiger partial charge in [0.25, 0.3) is 0 Å². The summed E-state index contributed by atoms with van der Waals surface area (Å²) >= 11 is 0. The maximum Gasteiger partial charge on any atom is 0.243 e. The van der Waals surface area contributed by atoms with Crippen LogP contribution in [0.25, 0.3) is 10.8 Å². The zero-order valence-electron chi connectivity index (χ0n) is 24.4. The number of benzene rings is 1. The molecule has 0 unspecified atom stereocenters. The van der Waals surface area contributed by atoms with Gasteiger partial charge in [0.2, 0.25) is 17.7 Å². The van der Waals surface area contributed by atoms with E-state index in [1.165, 1.54) is 17.0 Å². The lowest BCUT2D eigenvalue weighted by molar-refractivity contribution is -0.144. The summed E-state index contributed by atoms with van der Waals surface area (Å²) in [5.41, 5.74) is -1.75. The number of likely N-dealkylation sites (tertiary alicyclic amines) is 1. The van der Waals surface area contributed by atoms with Crippen molar-refractivity contribution in [1.29, 1.82) is 0 Å². The summed E-state index contributed by atoms with van der Waals surface area (Å²) < 4.78 is 45.4. The molecule has 11 heteroatoms. The van der Waals surface area contributed by atoms with E-state index in [2.05, 4.69) is 16.9 Å². The number of halogens is 1. The highest BCUT2D eigenvalue weighted by molar-refractivity contribution is 7.93. The second-order valence-electron chi connectivity index (χ2n) is 13.0. The largest absolute Gasteiger partial charge is 0.472 e. The maximum atomic E-state index is 14.0. The molecule has 2 heterocycles. The normalized spacial score (nSPS) is 26.5. The Bertz CT molecular complexity index is 1550. The lowest BCUT2D eigenvalue weighted by Gasteiger charge is -2.33. The predicted octanol–water partition coefficient (Wildman–Crippen LogP) is 3.61. The molecule has 0 bridgehead atoms. The summed E-state index contributed by atoms with van der Waals surface area (Å²) in [6.07, 6.45) is 3.94. The summed E-state index contributed by atoms with van der Waals surface area (Å²) in [6, 6.07) is 5.07. The number of Topliss-reactive ketones (excluding diaryl/α,β-unsaturated/α-hetero) is 1. The molecule has 2 aromatic rings. The number of amides is 2. The molecule has 2 amide bonds. The van der Waals surface area contributed by atoms with Gasteiger partial charge in [-0.2, -0.15) is 0 Å². The summed E-state index contributed by atoms with van der Waals surface area (Å²) in [4.78, 5) is 46.7. The van der Waals surface area contributed by atoms with Crippen LogP contribution in [0, 0.1) is 23.1 Å². The van der Waals surface area contributed by atoms with Crippen molar-refractivity contribution < 1.29 is 31.9 Å². The minimum absolute atomic E-state index is 0.0899. The first-order chi connectivity index (χ1) is 19.7. The fraction of sp³-hybridized carbons (Fsp3) is 0.548. The monoisotopic (exact) mass is 599 g/mol. The number of pyridine rings is 1. The van der Waals surface area contributed by atoms with Crippen molar-refractivity contribution in [2.45, 2.75) is 76.3 Å². The highest BCUT2D eigenvalue weighted by Crippen LogP contribution is 2.46. The van der Waals surface area contributed by atoms with E-state index in [4.69, 9.17) is 4.74 Å². The average molecular weight is 600 g/mol. The molecule has 42 heavy (non-hydrogen) atoms. The Balaban J connectivity index is 1.40. The molecule has 5 atom stereocenters. The van der Waals surface area contributed by atoms with Gasteiger partial charge >= 0.3 is 0 Å². The molecule has 2 aliphatic carbocycles. The summed E-state index contributed by atoms with van der Waals surface area (Å²) in [7, 11) is -3.59. The number of ether oxygens (including phenoxy) is 1. The van der Waals surface area contributed by atoms with Gasteiger partial charge in [-0.3, -0.25) is 14.4 Å². The van der Waals surface area contributed by atoms with E-state index >= 15 is 0 Å². The minimum Gasteiger partial charge on any atom is -0.472 e. The second-order valence-corrected chi connectivity index (χ2v) is 15.3. The van der Waals surface area contributed by atoms with Crippen LogP contribution >= 0.6 is 0 Å². The number of hydrogen-bond donors (Lipinski definition) is 1. The van der Waals surface area contributed by atoms with Crippen LogP contribution in [0.2, 0.25) is 0 Å². The van der Waals surface area contributed by atoms with Gasteiger partial charge in [0.15, 0.2) is 15.6 Å². The number of carbonyl (C=O) groups is 3. The van der Waals surface area contributed by atoms with Crippen LogP contribution in [0.4, 0.5) is 4.39 Å². The molecule has 2 saturated carbocycles. The van der Waals surface area contributed by atoms with E-state index in [1.54, 1.807) is 24.4 Å². The molecular formula is C31H38FN3O6S. The Morgan fingerprint density at radius 2 is 1.98 bits per heavy atom. The molecule has 5 rings (SSSR count). The number of hydrogen-bond acceptors (Lipinski definition) is 7. The Morgan fingerprint density at radius 3 is 2.60 bits per heavy atom. The third kappa shape index (κ3) is 5.80. The standard InChI is InChI=1S/C31H38FN3O6S/c1-6-20-15-31(20,26(36)17-42(39,40)23-9-10-23)34-27(37)25-14-22(16-35(25)29(38)18(2)30(3,4)5)41-28-24-13-21(32)8-7-19(24)11-12-33-28/h6-8,11-13,18,20,22-23,25H,1,9-10,14-17H2,2-5H3,(H,34,37)/t18-,20-,22-,25+,31-/m1/s1. The number of nitrogens with zero attached hydrogens (tertiary/aromatic N) is 2. The zero-order valence-corrected chi connectivity index (χ0v) is 25.2. The minimum atomic E-state index is -3.59. The SMILES string of the molecule is C=C[C@@H]1C[C@]1(NC(=O)[C@@H]1C[C@@H](Oc2nccc3ccc(F)cc23)CN1C(=O)[C@@H](C)C(C)(C)C)C(=O)CS(=O)(=O)C1CC1. The van der Waals surface area contributed by atoms with Gasteiger partial charge in [0.05, 0.1) is 11.8 Å². The van der Waals surface area contributed by atoms with Crippen LogP contribution in [-0.2, 0) is 24.2 Å². The fourth-order valence-corrected chi connectivity index (χ4v) is 7.34. The van der Waals surface area contributed by atoms with Crippen molar-refractivity contribution in [3.63, 3.8) is 0 Å². The highest BCUT2D eigenvalue weighted by Gasteiger charge is 2.61. The van der Waals surface area contributed by atoms with Crippen molar-refractivity contribution in [2.24, 2.45) is 17.3 Å². The molecule has 0 spiro atoms. The van der Waals surface area contributed by atoms with E-state index in [0.717, 1.165) is 5.39 Å². The fourth-order valence-electron chi connectivity index (χ4n) is 5.63. The summed E-state index contributed by atoms with van der Waals surface area (Å²) in [5.74, 6) is -3.05. The Labute approximate surface area is 245 Å². The molecule has 1 saturated heterocycles. The first kappa shape index (κ1) is 30.1. The molecule has 0 radical (unpaired) electrons. The predicted molar refractivity (Wildman–Crippen MR) is 156 cm³/mol. The van der Waals surface area contributed by atoms with Gasteiger partial charge < -0.3 is 15.0 Å². The van der Waals surface area contributed by atoms with E-state index in [-0.39, 0.29) is 36.6 Å². The van der Waals surface area contributed by atoms with Gasteiger partial charge in [-0.25, -0.2) is 17.8 Å². The molecule has 1 aromatic heterocycles. The molecule has 3 aliphatic rings. The summed E-state index contributed by atoms with van der Waals surface area (Å²) in [6.45, 7) is 11.5. The van der Waals surface area contributed by atoms with E-state index in [1.807, 2.05) is 27.7 Å². The zero-order chi connectivity index (χ0) is 30.6. The topological polar surface area (TPSA) is 123 Å². The molecule has 1 N–H and O–H groups in total. The molecule has 9 nitrogen and oxygen atoms in total. The van der Waals surface area contributed by atoms with Crippen LogP contribution in [0.1, 0.15) is 53.4 Å². The number of fused-ring (bicyclic) bond motifs is 1. The quantitative estimate of drug-likeness (QED) is 0.414. The molecule has 1 aromatic carbocycles. The maximum absolute atomic E-state index is 14.0. The van der Waals surface area contributed by atoms with Gasteiger partial charge in [-0.1, -0.05) is 39.8 Å². The molecule has 3 fully saturated rings. The van der Waals surface area contributed by atoms with E-state index < -0.39 is 67.9 Å². The first-order valence-electron chi connectivity index (χ1n) is 14.4. The number of sulfone groups is 1. The number of carbonyl (C=O) groups excluding carboxylic acids is 3. The second kappa shape index (κ2) is 10.7. The first-order valence-corrected chi connectivity index (χ1v) is 16.1. The average Bonchev–Trinajstić information content (AvgIpc) is 3.84. The third-order valence-electron chi connectivity index (χ3n) is 9.00. The molecule has 226 valence electrons. The van der Waals surface area contributed by atoms with Crippen LogP contribution in [0.3, 0.4) is 0 Å². The smallest absolute Gasteiger partial charge is 0.243 e. The molecule has 1 aliphatic heterocycles. The van der Waals surface area contributed by atoms with Gasteiger partial charge in [-0.05, 0) is 48.3 Å².